The van der Waals surface area contributed by atoms with Crippen LogP contribution in [0.5, 0.6) is 0 Å². The molecular formula is C9H11N3O3S. The summed E-state index contributed by atoms with van der Waals surface area (Å²) < 4.78 is 0. The van der Waals surface area contributed by atoms with Crippen LogP contribution in [0, 0.1) is 6.92 Å². The average molecular weight is 241 g/mol. The molecule has 0 unspecified atom stereocenters. The number of thiazole rings is 1. The van der Waals surface area contributed by atoms with E-state index in [1.54, 1.807) is 12.3 Å². The molecule has 0 aliphatic carbocycles. The molecule has 0 fully saturated rings. The number of primary amides is 1. The minimum Gasteiger partial charge on any atom is -0.368 e. The first-order chi connectivity index (χ1) is 7.54. The van der Waals surface area contributed by atoms with Gasteiger partial charge in [-0.1, -0.05) is 0 Å². The van der Waals surface area contributed by atoms with Crippen molar-refractivity contribution in [3.8, 4) is 0 Å². The highest BCUT2D eigenvalue weighted by Crippen LogP contribution is 2.07. The number of amides is 2. The van der Waals surface area contributed by atoms with Crippen molar-refractivity contribution in [3.63, 3.8) is 0 Å². The third-order valence-corrected chi connectivity index (χ3v) is 2.61. The Labute approximate surface area is 95.9 Å². The molecule has 0 bridgehead atoms. The standard InChI is InChI=1S/C9H11N3O3S/c1-5-11-7(4-16-5)9(15)12-6(2-3-13)8(10)14/h3-4,6H,2H2,1H3,(H2,10,14)(H,12,15)/t6-/m0/s1. The second-order valence-corrected chi connectivity index (χ2v) is 4.14. The van der Waals surface area contributed by atoms with Gasteiger partial charge in [0.25, 0.3) is 5.91 Å². The summed E-state index contributed by atoms with van der Waals surface area (Å²) in [6.45, 7) is 1.76. The van der Waals surface area contributed by atoms with Crippen molar-refractivity contribution in [2.45, 2.75) is 19.4 Å². The molecule has 0 spiro atoms. The Morgan fingerprint density at radius 1 is 1.69 bits per heavy atom. The molecule has 1 rings (SSSR count). The zero-order chi connectivity index (χ0) is 12.1. The van der Waals surface area contributed by atoms with Crippen molar-refractivity contribution in [2.75, 3.05) is 0 Å². The van der Waals surface area contributed by atoms with Gasteiger partial charge in [-0.3, -0.25) is 9.59 Å². The number of carbonyl (C=O) groups is 3. The van der Waals surface area contributed by atoms with Gasteiger partial charge in [0.2, 0.25) is 5.91 Å². The van der Waals surface area contributed by atoms with E-state index in [1.165, 1.54) is 11.3 Å². The lowest BCUT2D eigenvalue weighted by Crippen LogP contribution is -2.44. The van der Waals surface area contributed by atoms with Gasteiger partial charge in [0.15, 0.2) is 0 Å². The molecule has 1 heterocycles. The summed E-state index contributed by atoms with van der Waals surface area (Å²) in [7, 11) is 0. The first kappa shape index (κ1) is 12.3. The minimum absolute atomic E-state index is 0.135. The highest BCUT2D eigenvalue weighted by molar-refractivity contribution is 7.09. The Morgan fingerprint density at radius 2 is 2.38 bits per heavy atom. The molecule has 0 radical (unpaired) electrons. The maximum absolute atomic E-state index is 11.6. The molecule has 7 heteroatoms. The first-order valence-electron chi connectivity index (χ1n) is 4.50. The molecule has 0 saturated carbocycles. The van der Waals surface area contributed by atoms with Crippen molar-refractivity contribution >= 4 is 29.4 Å². The second kappa shape index (κ2) is 5.36. The SMILES string of the molecule is Cc1nc(C(=O)N[C@@H](CC=O)C(N)=O)cs1. The molecule has 0 aromatic carbocycles. The summed E-state index contributed by atoms with van der Waals surface area (Å²) in [5.41, 5.74) is 5.25. The number of nitrogens with one attached hydrogen (secondary N) is 1. The number of rotatable bonds is 5. The van der Waals surface area contributed by atoms with Gasteiger partial charge in [-0.25, -0.2) is 4.98 Å². The predicted octanol–water partition coefficient (Wildman–Crippen LogP) is -0.376. The van der Waals surface area contributed by atoms with Crippen LogP contribution in [0.2, 0.25) is 0 Å². The summed E-state index contributed by atoms with van der Waals surface area (Å²) in [6.07, 6.45) is 0.395. The number of aryl methyl sites for hydroxylation is 1. The molecule has 0 aliphatic heterocycles. The molecule has 1 atom stereocenters. The van der Waals surface area contributed by atoms with Crippen LogP contribution >= 0.6 is 11.3 Å². The van der Waals surface area contributed by atoms with Gasteiger partial charge < -0.3 is 15.8 Å². The third kappa shape index (κ3) is 3.13. The summed E-state index contributed by atoms with van der Waals surface area (Å²) in [5.74, 6) is -1.25. The summed E-state index contributed by atoms with van der Waals surface area (Å²) in [4.78, 5) is 36.7. The molecule has 0 aliphatic rings. The van der Waals surface area contributed by atoms with E-state index >= 15 is 0 Å². The predicted molar refractivity (Wildman–Crippen MR) is 58.0 cm³/mol. The molecule has 86 valence electrons. The van der Waals surface area contributed by atoms with E-state index in [9.17, 15) is 14.4 Å². The molecule has 6 nitrogen and oxygen atoms in total. The van der Waals surface area contributed by atoms with Crippen molar-refractivity contribution in [1.29, 1.82) is 0 Å². The van der Waals surface area contributed by atoms with Crippen LogP contribution in [0.1, 0.15) is 21.9 Å². The minimum atomic E-state index is -0.980. The Hall–Kier alpha value is -1.76. The number of carbonyl (C=O) groups excluding carboxylic acids is 3. The summed E-state index contributed by atoms with van der Waals surface area (Å²) in [5, 5.41) is 4.67. The average Bonchev–Trinajstić information content (AvgIpc) is 2.64. The van der Waals surface area contributed by atoms with Crippen molar-refractivity contribution in [1.82, 2.24) is 10.3 Å². The number of nitrogens with zero attached hydrogens (tertiary/aromatic N) is 1. The van der Waals surface area contributed by atoms with Gasteiger partial charge in [-0.05, 0) is 6.92 Å². The van der Waals surface area contributed by atoms with E-state index in [-0.39, 0.29) is 12.1 Å². The quantitative estimate of drug-likeness (QED) is 0.686. The maximum Gasteiger partial charge on any atom is 0.271 e. The lowest BCUT2D eigenvalue weighted by Gasteiger charge is -2.10. The number of aromatic nitrogens is 1. The van der Waals surface area contributed by atoms with Crippen molar-refractivity contribution < 1.29 is 14.4 Å². The molecule has 1 aromatic heterocycles. The molecule has 3 N–H and O–H groups in total. The fraction of sp³-hybridized carbons (Fsp3) is 0.333. The Bertz CT molecular complexity index is 416. The van der Waals surface area contributed by atoms with Gasteiger partial charge in [-0.2, -0.15) is 0 Å². The fourth-order valence-electron chi connectivity index (χ4n) is 1.04. The Balaban J connectivity index is 2.68. The van der Waals surface area contributed by atoms with E-state index < -0.39 is 17.9 Å². The third-order valence-electron chi connectivity index (χ3n) is 1.83. The van der Waals surface area contributed by atoms with Crippen LogP contribution in [-0.2, 0) is 9.59 Å². The van der Waals surface area contributed by atoms with Crippen molar-refractivity contribution in [3.05, 3.63) is 16.1 Å². The number of nitrogens with two attached hydrogens (primary N) is 1. The topological polar surface area (TPSA) is 102 Å². The largest absolute Gasteiger partial charge is 0.368 e. The van der Waals surface area contributed by atoms with Crippen LogP contribution in [0.4, 0.5) is 0 Å². The zero-order valence-electron chi connectivity index (χ0n) is 8.60. The van der Waals surface area contributed by atoms with E-state index in [2.05, 4.69) is 10.3 Å². The molecule has 16 heavy (non-hydrogen) atoms. The molecule has 2 amide bonds. The molecular weight excluding hydrogens is 230 g/mol. The number of aldehydes is 1. The second-order valence-electron chi connectivity index (χ2n) is 3.08. The Kier molecular flexibility index (Phi) is 4.12. The lowest BCUT2D eigenvalue weighted by atomic mass is 10.2. The van der Waals surface area contributed by atoms with Crippen LogP contribution in [0.15, 0.2) is 5.38 Å². The van der Waals surface area contributed by atoms with Gasteiger partial charge in [0.1, 0.15) is 18.0 Å². The van der Waals surface area contributed by atoms with Crippen LogP contribution in [0.25, 0.3) is 0 Å². The lowest BCUT2D eigenvalue weighted by molar-refractivity contribution is -0.121. The smallest absolute Gasteiger partial charge is 0.271 e. The normalized spacial score (nSPS) is 11.8. The highest BCUT2D eigenvalue weighted by Gasteiger charge is 2.19. The van der Waals surface area contributed by atoms with Crippen LogP contribution in [-0.4, -0.2) is 29.1 Å². The zero-order valence-corrected chi connectivity index (χ0v) is 9.41. The van der Waals surface area contributed by atoms with Gasteiger partial charge in [0, 0.05) is 11.8 Å². The first-order valence-corrected chi connectivity index (χ1v) is 5.38. The summed E-state index contributed by atoms with van der Waals surface area (Å²) >= 11 is 1.32. The van der Waals surface area contributed by atoms with Gasteiger partial charge in [0.05, 0.1) is 5.01 Å². The van der Waals surface area contributed by atoms with Crippen LogP contribution in [0.3, 0.4) is 0 Å². The number of hydrogen-bond acceptors (Lipinski definition) is 5. The van der Waals surface area contributed by atoms with Gasteiger partial charge in [-0.15, -0.1) is 11.3 Å². The molecule has 0 saturated heterocycles. The van der Waals surface area contributed by atoms with E-state index in [0.717, 1.165) is 5.01 Å². The number of hydrogen-bond donors (Lipinski definition) is 2. The highest BCUT2D eigenvalue weighted by atomic mass is 32.1. The van der Waals surface area contributed by atoms with Crippen molar-refractivity contribution in [2.24, 2.45) is 5.73 Å². The maximum atomic E-state index is 11.6. The fourth-order valence-corrected chi connectivity index (χ4v) is 1.64. The monoisotopic (exact) mass is 241 g/mol. The Morgan fingerprint density at radius 3 is 2.81 bits per heavy atom. The van der Waals surface area contributed by atoms with Crippen LogP contribution < -0.4 is 11.1 Å². The van der Waals surface area contributed by atoms with E-state index in [0.29, 0.717) is 6.29 Å². The van der Waals surface area contributed by atoms with Gasteiger partial charge >= 0.3 is 0 Å². The van der Waals surface area contributed by atoms with E-state index in [4.69, 9.17) is 5.73 Å². The molecule has 1 aromatic rings. The van der Waals surface area contributed by atoms with E-state index in [1.807, 2.05) is 0 Å². The summed E-state index contributed by atoms with van der Waals surface area (Å²) in [6, 6.07) is -0.980.